The molecule has 1 saturated heterocycles. The molecular weight excluding hydrogens is 296 g/mol. The predicted molar refractivity (Wildman–Crippen MR) is 86.0 cm³/mol. The van der Waals surface area contributed by atoms with Crippen LogP contribution in [0.1, 0.15) is 35.6 Å². The molecule has 0 amide bonds. The average Bonchev–Trinajstić information content (AvgIpc) is 3.01. The van der Waals surface area contributed by atoms with Crippen molar-refractivity contribution in [2.45, 2.75) is 37.6 Å². The second kappa shape index (κ2) is 5.82. The van der Waals surface area contributed by atoms with Crippen LogP contribution in [0.2, 0.25) is 0 Å². The van der Waals surface area contributed by atoms with Crippen LogP contribution in [0.5, 0.6) is 0 Å². The van der Waals surface area contributed by atoms with E-state index in [-0.39, 0.29) is 6.04 Å². The Morgan fingerprint density at radius 1 is 1.18 bits per heavy atom. The van der Waals surface area contributed by atoms with Crippen LogP contribution in [-0.2, 0) is 10.0 Å². The predicted octanol–water partition coefficient (Wildman–Crippen LogP) is 3.22. The van der Waals surface area contributed by atoms with Gasteiger partial charge in [0, 0.05) is 18.9 Å². The van der Waals surface area contributed by atoms with Gasteiger partial charge in [-0.15, -0.1) is 0 Å². The average molecular weight is 316 g/mol. The van der Waals surface area contributed by atoms with Gasteiger partial charge in [0.1, 0.15) is 0 Å². The van der Waals surface area contributed by atoms with Crippen LogP contribution >= 0.6 is 0 Å². The molecule has 0 aliphatic carbocycles. The Balaban J connectivity index is 1.99. The lowest BCUT2D eigenvalue weighted by Crippen LogP contribution is -2.30. The van der Waals surface area contributed by atoms with E-state index in [0.717, 1.165) is 29.5 Å². The second-order valence-electron chi connectivity index (χ2n) is 5.81. The van der Waals surface area contributed by atoms with E-state index in [1.54, 1.807) is 28.8 Å². The molecular formula is C17H20N2O2S. The van der Waals surface area contributed by atoms with Crippen LogP contribution in [0.25, 0.3) is 0 Å². The Morgan fingerprint density at radius 3 is 2.68 bits per heavy atom. The molecule has 1 aromatic carbocycles. The van der Waals surface area contributed by atoms with Gasteiger partial charge in [0.25, 0.3) is 0 Å². The van der Waals surface area contributed by atoms with Crippen LogP contribution in [0, 0.1) is 13.8 Å². The van der Waals surface area contributed by atoms with Crippen LogP contribution in [0.4, 0.5) is 0 Å². The number of benzene rings is 1. The summed E-state index contributed by atoms with van der Waals surface area (Å²) in [6, 6.07) is 9.04. The summed E-state index contributed by atoms with van der Waals surface area (Å²) in [5.74, 6) is 0. The number of hydrogen-bond donors (Lipinski definition) is 0. The summed E-state index contributed by atoms with van der Waals surface area (Å²) < 4.78 is 27.6. The highest BCUT2D eigenvalue weighted by atomic mass is 32.2. The molecule has 4 nitrogen and oxygen atoms in total. The minimum Gasteiger partial charge on any atom is -0.264 e. The maximum atomic E-state index is 13.0. The molecule has 22 heavy (non-hydrogen) atoms. The lowest BCUT2D eigenvalue weighted by molar-refractivity contribution is 0.396. The first-order valence-corrected chi connectivity index (χ1v) is 8.93. The molecule has 1 atom stereocenters. The third kappa shape index (κ3) is 2.66. The van der Waals surface area contributed by atoms with E-state index in [9.17, 15) is 8.42 Å². The highest BCUT2D eigenvalue weighted by Crippen LogP contribution is 2.36. The van der Waals surface area contributed by atoms with Crippen molar-refractivity contribution in [1.29, 1.82) is 0 Å². The van der Waals surface area contributed by atoms with E-state index < -0.39 is 10.0 Å². The minimum atomic E-state index is -3.47. The first-order valence-electron chi connectivity index (χ1n) is 7.49. The molecule has 2 heterocycles. The Hall–Kier alpha value is -1.72. The number of hydrogen-bond acceptors (Lipinski definition) is 3. The summed E-state index contributed by atoms with van der Waals surface area (Å²) in [5, 5.41) is 0. The van der Waals surface area contributed by atoms with Gasteiger partial charge in [-0.3, -0.25) is 4.98 Å². The maximum Gasteiger partial charge on any atom is 0.243 e. The smallest absolute Gasteiger partial charge is 0.243 e. The molecule has 1 aromatic heterocycles. The molecule has 0 N–H and O–H groups in total. The number of pyridine rings is 1. The number of aryl methyl sites for hydroxylation is 2. The number of nitrogens with zero attached hydrogens (tertiary/aromatic N) is 2. The van der Waals surface area contributed by atoms with Crippen LogP contribution in [0.3, 0.4) is 0 Å². The van der Waals surface area contributed by atoms with Crippen molar-refractivity contribution in [2.75, 3.05) is 6.54 Å². The molecule has 3 rings (SSSR count). The van der Waals surface area contributed by atoms with Gasteiger partial charge in [-0.1, -0.05) is 12.1 Å². The lowest BCUT2D eigenvalue weighted by Gasteiger charge is -2.24. The van der Waals surface area contributed by atoms with E-state index in [1.165, 1.54) is 0 Å². The largest absolute Gasteiger partial charge is 0.264 e. The monoisotopic (exact) mass is 316 g/mol. The fourth-order valence-electron chi connectivity index (χ4n) is 2.94. The maximum absolute atomic E-state index is 13.0. The first kappa shape index (κ1) is 15.2. The van der Waals surface area contributed by atoms with Gasteiger partial charge in [-0.25, -0.2) is 8.42 Å². The normalized spacial score (nSPS) is 19.5. The van der Waals surface area contributed by atoms with E-state index in [1.807, 2.05) is 32.0 Å². The SMILES string of the molecule is Cc1ccc(S(=O)(=O)N2CCCC2c2cccnc2)cc1C. The van der Waals surface area contributed by atoms with Gasteiger partial charge >= 0.3 is 0 Å². The Bertz CT molecular complexity index is 773. The standard InChI is InChI=1S/C17H20N2O2S/c1-13-7-8-16(11-14(13)2)22(20,21)19-10-4-6-17(19)15-5-3-9-18-12-15/h3,5,7-9,11-12,17H,4,6,10H2,1-2H3. The molecule has 0 radical (unpaired) electrons. The molecule has 0 bridgehead atoms. The molecule has 116 valence electrons. The Labute approximate surface area is 131 Å². The highest BCUT2D eigenvalue weighted by Gasteiger charge is 2.36. The molecule has 1 unspecified atom stereocenters. The van der Waals surface area contributed by atoms with E-state index in [0.29, 0.717) is 11.4 Å². The van der Waals surface area contributed by atoms with Gasteiger partial charge < -0.3 is 0 Å². The van der Waals surface area contributed by atoms with Gasteiger partial charge in [0.15, 0.2) is 0 Å². The van der Waals surface area contributed by atoms with Gasteiger partial charge in [-0.05, 0) is 61.6 Å². The highest BCUT2D eigenvalue weighted by molar-refractivity contribution is 7.89. The quantitative estimate of drug-likeness (QED) is 0.873. The second-order valence-corrected chi connectivity index (χ2v) is 7.70. The Kier molecular flexibility index (Phi) is 4.02. The van der Waals surface area contributed by atoms with Gasteiger partial charge in [0.05, 0.1) is 10.9 Å². The van der Waals surface area contributed by atoms with Crippen LogP contribution in [-0.4, -0.2) is 24.3 Å². The third-order valence-corrected chi connectivity index (χ3v) is 6.26. The summed E-state index contributed by atoms with van der Waals surface area (Å²) in [4.78, 5) is 4.50. The molecule has 1 aliphatic heterocycles. The summed E-state index contributed by atoms with van der Waals surface area (Å²) in [7, 11) is -3.47. The molecule has 0 saturated carbocycles. The topological polar surface area (TPSA) is 50.3 Å². The van der Waals surface area contributed by atoms with E-state index in [4.69, 9.17) is 0 Å². The summed E-state index contributed by atoms with van der Waals surface area (Å²) >= 11 is 0. The summed E-state index contributed by atoms with van der Waals surface area (Å²) in [6.45, 7) is 4.49. The van der Waals surface area contributed by atoms with Crippen molar-refractivity contribution in [1.82, 2.24) is 9.29 Å². The zero-order chi connectivity index (χ0) is 15.7. The molecule has 5 heteroatoms. The van der Waals surface area contributed by atoms with E-state index >= 15 is 0 Å². The van der Waals surface area contributed by atoms with Crippen molar-refractivity contribution < 1.29 is 8.42 Å². The summed E-state index contributed by atoms with van der Waals surface area (Å²) in [6.07, 6.45) is 5.19. The van der Waals surface area contributed by atoms with Crippen molar-refractivity contribution in [3.05, 3.63) is 59.4 Å². The number of sulfonamides is 1. The fraction of sp³-hybridized carbons (Fsp3) is 0.353. The van der Waals surface area contributed by atoms with Crippen molar-refractivity contribution in [3.8, 4) is 0 Å². The first-order chi connectivity index (χ1) is 10.5. The molecule has 2 aromatic rings. The minimum absolute atomic E-state index is 0.111. The number of aromatic nitrogens is 1. The third-order valence-electron chi connectivity index (χ3n) is 4.36. The van der Waals surface area contributed by atoms with Crippen LogP contribution in [0.15, 0.2) is 47.6 Å². The van der Waals surface area contributed by atoms with Crippen molar-refractivity contribution >= 4 is 10.0 Å². The fourth-order valence-corrected chi connectivity index (χ4v) is 4.71. The zero-order valence-corrected chi connectivity index (χ0v) is 13.7. The van der Waals surface area contributed by atoms with Gasteiger partial charge in [-0.2, -0.15) is 4.31 Å². The van der Waals surface area contributed by atoms with Crippen LogP contribution < -0.4 is 0 Å². The Morgan fingerprint density at radius 2 is 2.00 bits per heavy atom. The van der Waals surface area contributed by atoms with E-state index in [2.05, 4.69) is 4.98 Å². The number of rotatable bonds is 3. The molecule has 1 aliphatic rings. The zero-order valence-electron chi connectivity index (χ0n) is 12.9. The van der Waals surface area contributed by atoms with Crippen molar-refractivity contribution in [2.24, 2.45) is 0 Å². The van der Waals surface area contributed by atoms with Crippen molar-refractivity contribution in [3.63, 3.8) is 0 Å². The molecule has 0 spiro atoms. The lowest BCUT2D eigenvalue weighted by atomic mass is 10.1. The molecule has 1 fully saturated rings. The summed E-state index contributed by atoms with van der Waals surface area (Å²) in [5.41, 5.74) is 3.06. The van der Waals surface area contributed by atoms with Gasteiger partial charge in [0.2, 0.25) is 10.0 Å².